The van der Waals surface area contributed by atoms with Crippen molar-refractivity contribution >= 4 is 5.91 Å². The summed E-state index contributed by atoms with van der Waals surface area (Å²) in [5.74, 6) is 0.782. The molecule has 3 N–H and O–H groups in total. The molecule has 16 heavy (non-hydrogen) atoms. The third-order valence-electron chi connectivity index (χ3n) is 2.39. The van der Waals surface area contributed by atoms with Gasteiger partial charge < -0.3 is 15.5 Å². The molecule has 0 bridgehead atoms. The van der Waals surface area contributed by atoms with Crippen molar-refractivity contribution < 1.29 is 9.21 Å². The van der Waals surface area contributed by atoms with Crippen LogP contribution >= 0.6 is 0 Å². The highest BCUT2D eigenvalue weighted by molar-refractivity contribution is 5.77. The van der Waals surface area contributed by atoms with E-state index in [1.165, 1.54) is 0 Å². The number of furan rings is 1. The molecule has 0 aliphatic carbocycles. The summed E-state index contributed by atoms with van der Waals surface area (Å²) in [7, 11) is 1.86. The van der Waals surface area contributed by atoms with Crippen molar-refractivity contribution in [2.45, 2.75) is 13.0 Å². The fourth-order valence-corrected chi connectivity index (χ4v) is 1.58. The monoisotopic (exact) mass is 225 g/mol. The Morgan fingerprint density at radius 2 is 2.44 bits per heavy atom. The van der Waals surface area contributed by atoms with E-state index < -0.39 is 0 Å². The van der Waals surface area contributed by atoms with Gasteiger partial charge in [0.15, 0.2) is 0 Å². The smallest absolute Gasteiger partial charge is 0.234 e. The van der Waals surface area contributed by atoms with Crippen molar-refractivity contribution in [1.82, 2.24) is 10.2 Å². The third-order valence-corrected chi connectivity index (χ3v) is 2.39. The summed E-state index contributed by atoms with van der Waals surface area (Å²) in [5.41, 5.74) is 5.68. The number of rotatable bonds is 6. The average Bonchev–Trinajstić information content (AvgIpc) is 2.72. The minimum Gasteiger partial charge on any atom is -0.468 e. The molecule has 0 saturated carbocycles. The van der Waals surface area contributed by atoms with Gasteiger partial charge in [-0.1, -0.05) is 0 Å². The van der Waals surface area contributed by atoms with E-state index in [9.17, 15) is 4.79 Å². The second-order valence-corrected chi connectivity index (χ2v) is 3.64. The molecule has 1 aromatic rings. The number of nitrogens with zero attached hydrogens (tertiary/aromatic N) is 1. The first-order valence-corrected chi connectivity index (χ1v) is 5.39. The van der Waals surface area contributed by atoms with Gasteiger partial charge in [-0.25, -0.2) is 0 Å². The Balaban J connectivity index is 2.56. The molecule has 0 radical (unpaired) electrons. The highest BCUT2D eigenvalue weighted by atomic mass is 16.3. The molecule has 1 unspecified atom stereocenters. The molecule has 0 spiro atoms. The Hall–Kier alpha value is -1.33. The summed E-state index contributed by atoms with van der Waals surface area (Å²) in [6.07, 6.45) is 1.61. The first-order valence-electron chi connectivity index (χ1n) is 5.39. The Kier molecular flexibility index (Phi) is 5.01. The molecule has 1 heterocycles. The first-order chi connectivity index (χ1) is 7.69. The van der Waals surface area contributed by atoms with Gasteiger partial charge in [0.2, 0.25) is 5.91 Å². The molecule has 0 aliphatic heterocycles. The minimum absolute atomic E-state index is 0.00462. The number of amides is 1. The lowest BCUT2D eigenvalue weighted by Gasteiger charge is -2.24. The lowest BCUT2D eigenvalue weighted by molar-refractivity contribution is -0.122. The Morgan fingerprint density at radius 3 is 2.94 bits per heavy atom. The standard InChI is InChI=1S/C11H19N3O2/c1-3-13-11(15)8-14(2)9(7-12)10-5-4-6-16-10/h4-6,9H,3,7-8,12H2,1-2H3,(H,13,15). The van der Waals surface area contributed by atoms with Crippen LogP contribution in [-0.2, 0) is 4.79 Å². The number of likely N-dealkylation sites (N-methyl/N-ethyl adjacent to an activating group) is 2. The van der Waals surface area contributed by atoms with Gasteiger partial charge in [0.25, 0.3) is 0 Å². The van der Waals surface area contributed by atoms with E-state index in [0.717, 1.165) is 5.76 Å². The predicted molar refractivity (Wildman–Crippen MR) is 61.8 cm³/mol. The van der Waals surface area contributed by atoms with Gasteiger partial charge in [0.05, 0.1) is 18.8 Å². The van der Waals surface area contributed by atoms with Crippen LogP contribution in [0, 0.1) is 0 Å². The van der Waals surface area contributed by atoms with Crippen LogP contribution in [-0.4, -0.2) is 37.5 Å². The van der Waals surface area contributed by atoms with E-state index in [1.54, 1.807) is 6.26 Å². The molecule has 0 aliphatic rings. The topological polar surface area (TPSA) is 71.5 Å². The van der Waals surface area contributed by atoms with Crippen LogP contribution in [0.25, 0.3) is 0 Å². The zero-order chi connectivity index (χ0) is 12.0. The van der Waals surface area contributed by atoms with Gasteiger partial charge in [-0.05, 0) is 26.1 Å². The average molecular weight is 225 g/mol. The number of carbonyl (C=O) groups excluding carboxylic acids is 1. The number of hydrogen-bond donors (Lipinski definition) is 2. The molecule has 1 atom stereocenters. The number of hydrogen-bond acceptors (Lipinski definition) is 4. The summed E-state index contributed by atoms with van der Waals surface area (Å²) in [5, 5.41) is 2.75. The van der Waals surface area contributed by atoms with Crippen LogP contribution in [0.1, 0.15) is 18.7 Å². The molecule has 5 nitrogen and oxygen atoms in total. The van der Waals surface area contributed by atoms with Crippen LogP contribution in [0.15, 0.2) is 22.8 Å². The maximum atomic E-state index is 11.4. The first kappa shape index (κ1) is 12.7. The highest BCUT2D eigenvalue weighted by Gasteiger charge is 2.19. The largest absolute Gasteiger partial charge is 0.468 e. The van der Waals surface area contributed by atoms with Gasteiger partial charge in [0.1, 0.15) is 5.76 Å². The van der Waals surface area contributed by atoms with Gasteiger partial charge in [-0.2, -0.15) is 0 Å². The van der Waals surface area contributed by atoms with E-state index in [2.05, 4.69) is 5.32 Å². The van der Waals surface area contributed by atoms with Crippen molar-refractivity contribution in [1.29, 1.82) is 0 Å². The second kappa shape index (κ2) is 6.30. The lowest BCUT2D eigenvalue weighted by atomic mass is 10.2. The zero-order valence-corrected chi connectivity index (χ0v) is 9.77. The molecule has 0 aromatic carbocycles. The molecule has 90 valence electrons. The fraction of sp³-hybridized carbons (Fsp3) is 0.545. The maximum Gasteiger partial charge on any atom is 0.234 e. The van der Waals surface area contributed by atoms with Crippen molar-refractivity contribution in [3.63, 3.8) is 0 Å². The van der Waals surface area contributed by atoms with Crippen LogP contribution in [0.5, 0.6) is 0 Å². The van der Waals surface area contributed by atoms with E-state index in [4.69, 9.17) is 10.2 Å². The zero-order valence-electron chi connectivity index (χ0n) is 9.77. The highest BCUT2D eigenvalue weighted by Crippen LogP contribution is 2.17. The Bertz CT molecular complexity index is 311. The summed E-state index contributed by atoms with van der Waals surface area (Å²) >= 11 is 0. The number of carbonyl (C=O) groups is 1. The van der Waals surface area contributed by atoms with E-state index in [0.29, 0.717) is 19.6 Å². The van der Waals surface area contributed by atoms with Crippen molar-refractivity contribution in [2.75, 3.05) is 26.7 Å². The quantitative estimate of drug-likeness (QED) is 0.732. The lowest BCUT2D eigenvalue weighted by Crippen LogP contribution is -2.39. The van der Waals surface area contributed by atoms with Crippen molar-refractivity contribution in [3.05, 3.63) is 24.2 Å². The van der Waals surface area contributed by atoms with Gasteiger partial charge in [0, 0.05) is 13.1 Å². The minimum atomic E-state index is -0.0578. The predicted octanol–water partition coefficient (Wildman–Crippen LogP) is 0.347. The van der Waals surface area contributed by atoms with Crippen LogP contribution in [0.4, 0.5) is 0 Å². The van der Waals surface area contributed by atoms with Crippen LogP contribution < -0.4 is 11.1 Å². The van der Waals surface area contributed by atoms with Gasteiger partial charge >= 0.3 is 0 Å². The third kappa shape index (κ3) is 3.36. The normalized spacial score (nSPS) is 12.8. The molecule has 0 fully saturated rings. The SMILES string of the molecule is CCNC(=O)CN(C)C(CN)c1ccco1. The van der Waals surface area contributed by atoms with Gasteiger partial charge in [-0.3, -0.25) is 9.69 Å². The molecule has 1 amide bonds. The molecule has 5 heteroatoms. The molecule has 1 aromatic heterocycles. The van der Waals surface area contributed by atoms with Gasteiger partial charge in [-0.15, -0.1) is 0 Å². The van der Waals surface area contributed by atoms with Crippen LogP contribution in [0.2, 0.25) is 0 Å². The van der Waals surface area contributed by atoms with Crippen LogP contribution in [0.3, 0.4) is 0 Å². The Labute approximate surface area is 95.6 Å². The molecule has 0 saturated heterocycles. The second-order valence-electron chi connectivity index (χ2n) is 3.64. The fourth-order valence-electron chi connectivity index (χ4n) is 1.58. The molecular formula is C11H19N3O2. The molecule has 1 rings (SSSR count). The summed E-state index contributed by atoms with van der Waals surface area (Å²) in [4.78, 5) is 13.3. The van der Waals surface area contributed by atoms with E-state index in [-0.39, 0.29) is 11.9 Å². The molecular weight excluding hydrogens is 206 g/mol. The summed E-state index contributed by atoms with van der Waals surface area (Å²) in [6, 6.07) is 3.63. The van der Waals surface area contributed by atoms with Crippen molar-refractivity contribution in [3.8, 4) is 0 Å². The summed E-state index contributed by atoms with van der Waals surface area (Å²) in [6.45, 7) is 3.27. The number of nitrogens with one attached hydrogen (secondary N) is 1. The Morgan fingerprint density at radius 1 is 1.69 bits per heavy atom. The summed E-state index contributed by atoms with van der Waals surface area (Å²) < 4.78 is 5.30. The number of nitrogens with two attached hydrogens (primary N) is 1. The maximum absolute atomic E-state index is 11.4. The van der Waals surface area contributed by atoms with E-state index in [1.807, 2.05) is 31.0 Å². The van der Waals surface area contributed by atoms with E-state index >= 15 is 0 Å². The van der Waals surface area contributed by atoms with Crippen molar-refractivity contribution in [2.24, 2.45) is 5.73 Å².